The highest BCUT2D eigenvalue weighted by Gasteiger charge is 2.45. The number of hydrogen-bond donors (Lipinski definition) is 2. The summed E-state index contributed by atoms with van der Waals surface area (Å²) in [5.74, 6) is 0. The summed E-state index contributed by atoms with van der Waals surface area (Å²) in [7, 11) is 0. The smallest absolute Gasteiger partial charge is 0.0436 e. The topological polar surface area (TPSA) is 46.2 Å². The van der Waals surface area contributed by atoms with Crippen LogP contribution < -0.4 is 5.73 Å². The third-order valence-electron chi connectivity index (χ3n) is 5.55. The van der Waals surface area contributed by atoms with E-state index in [0.717, 1.165) is 6.42 Å². The molecule has 2 saturated carbocycles. The highest BCUT2D eigenvalue weighted by atomic mass is 16.3. The van der Waals surface area contributed by atoms with Crippen LogP contribution in [0.25, 0.3) is 0 Å². The molecule has 0 aromatic heterocycles. The van der Waals surface area contributed by atoms with Crippen molar-refractivity contribution in [2.24, 2.45) is 16.6 Å². The highest BCUT2D eigenvalue weighted by molar-refractivity contribution is 4.97. The molecule has 2 nitrogen and oxygen atoms in total. The van der Waals surface area contributed by atoms with Gasteiger partial charge in [-0.3, -0.25) is 0 Å². The molecule has 2 aliphatic rings. The number of hydrogen-bond acceptors (Lipinski definition) is 2. The van der Waals surface area contributed by atoms with Gasteiger partial charge in [0.1, 0.15) is 0 Å². The van der Waals surface area contributed by atoms with E-state index in [0.29, 0.717) is 12.0 Å². The molecular weight excluding hydrogens is 198 g/mol. The van der Waals surface area contributed by atoms with Crippen molar-refractivity contribution >= 4 is 0 Å². The Kier molecular flexibility index (Phi) is 3.60. The van der Waals surface area contributed by atoms with Gasteiger partial charge in [-0.2, -0.15) is 0 Å². The lowest BCUT2D eigenvalue weighted by Gasteiger charge is -2.47. The van der Waals surface area contributed by atoms with E-state index in [2.05, 4.69) is 6.92 Å². The molecule has 1 unspecified atom stereocenters. The predicted octanol–water partition coefficient (Wildman–Crippen LogP) is 2.84. The van der Waals surface area contributed by atoms with Crippen LogP contribution in [0, 0.1) is 10.8 Å². The minimum Gasteiger partial charge on any atom is -0.396 e. The Morgan fingerprint density at radius 1 is 1.06 bits per heavy atom. The molecule has 0 heterocycles. The maximum Gasteiger partial charge on any atom is 0.0436 e. The molecule has 2 fully saturated rings. The SMILES string of the molecule is CC(N)C1(CCO)CCC2(CCCC2)CC1. The van der Waals surface area contributed by atoms with E-state index < -0.39 is 0 Å². The average molecular weight is 225 g/mol. The molecule has 94 valence electrons. The van der Waals surface area contributed by atoms with Gasteiger partial charge in [-0.25, -0.2) is 0 Å². The monoisotopic (exact) mass is 225 g/mol. The molecule has 2 rings (SSSR count). The molecule has 0 aromatic carbocycles. The van der Waals surface area contributed by atoms with Crippen LogP contribution in [0.1, 0.15) is 64.7 Å². The molecule has 1 spiro atoms. The van der Waals surface area contributed by atoms with E-state index in [1.165, 1.54) is 51.4 Å². The van der Waals surface area contributed by atoms with Crippen molar-refractivity contribution in [3.8, 4) is 0 Å². The quantitative estimate of drug-likeness (QED) is 0.776. The summed E-state index contributed by atoms with van der Waals surface area (Å²) in [6.45, 7) is 2.43. The first-order valence-corrected chi connectivity index (χ1v) is 6.99. The maximum atomic E-state index is 9.23. The molecule has 0 aliphatic heterocycles. The fourth-order valence-corrected chi connectivity index (χ4v) is 4.06. The minimum absolute atomic E-state index is 0.235. The fraction of sp³-hybridized carbons (Fsp3) is 1.00. The van der Waals surface area contributed by atoms with Gasteiger partial charge in [0.25, 0.3) is 0 Å². The van der Waals surface area contributed by atoms with E-state index in [-0.39, 0.29) is 11.5 Å². The Hall–Kier alpha value is -0.0800. The lowest BCUT2D eigenvalue weighted by Crippen LogP contribution is -2.45. The number of aliphatic hydroxyl groups excluding tert-OH is 1. The van der Waals surface area contributed by atoms with Crippen LogP contribution in [-0.4, -0.2) is 17.8 Å². The molecule has 16 heavy (non-hydrogen) atoms. The standard InChI is InChI=1S/C14H27NO/c1-12(15)14(10-11-16)8-6-13(7-9-14)4-2-3-5-13/h12,16H,2-11,15H2,1H3. The Morgan fingerprint density at radius 2 is 1.62 bits per heavy atom. The summed E-state index contributed by atoms with van der Waals surface area (Å²) in [6, 6.07) is 0.235. The Labute approximate surface area is 99.6 Å². The van der Waals surface area contributed by atoms with Crippen LogP contribution in [0.5, 0.6) is 0 Å². The maximum absolute atomic E-state index is 9.23. The van der Waals surface area contributed by atoms with E-state index in [1.807, 2.05) is 0 Å². The Balaban J connectivity index is 2.00. The fourth-order valence-electron chi connectivity index (χ4n) is 4.06. The predicted molar refractivity (Wildman–Crippen MR) is 67.2 cm³/mol. The molecular formula is C14H27NO. The lowest BCUT2D eigenvalue weighted by atomic mass is 9.59. The zero-order valence-electron chi connectivity index (χ0n) is 10.7. The highest BCUT2D eigenvalue weighted by Crippen LogP contribution is 2.55. The van der Waals surface area contributed by atoms with Gasteiger partial charge in [-0.05, 0) is 62.7 Å². The van der Waals surface area contributed by atoms with E-state index in [4.69, 9.17) is 5.73 Å². The van der Waals surface area contributed by atoms with Crippen molar-refractivity contribution < 1.29 is 5.11 Å². The normalized spacial score (nSPS) is 29.4. The molecule has 0 bridgehead atoms. The first-order valence-electron chi connectivity index (χ1n) is 6.99. The van der Waals surface area contributed by atoms with E-state index >= 15 is 0 Å². The van der Waals surface area contributed by atoms with Crippen molar-refractivity contribution in [3.63, 3.8) is 0 Å². The number of aliphatic hydroxyl groups is 1. The summed E-state index contributed by atoms with van der Waals surface area (Å²) in [4.78, 5) is 0. The summed E-state index contributed by atoms with van der Waals surface area (Å²) in [6.07, 6.45) is 11.9. The summed E-state index contributed by atoms with van der Waals surface area (Å²) >= 11 is 0. The minimum atomic E-state index is 0.235. The van der Waals surface area contributed by atoms with E-state index in [9.17, 15) is 5.11 Å². The van der Waals surface area contributed by atoms with Gasteiger partial charge in [-0.1, -0.05) is 12.8 Å². The molecule has 0 saturated heterocycles. The second-order valence-electron chi connectivity index (χ2n) is 6.33. The average Bonchev–Trinajstić information content (AvgIpc) is 2.71. The third-order valence-corrected chi connectivity index (χ3v) is 5.55. The Bertz CT molecular complexity index is 221. The zero-order chi connectivity index (χ0) is 11.6. The van der Waals surface area contributed by atoms with Crippen molar-refractivity contribution in [1.29, 1.82) is 0 Å². The van der Waals surface area contributed by atoms with Crippen LogP contribution >= 0.6 is 0 Å². The van der Waals surface area contributed by atoms with Crippen molar-refractivity contribution in [1.82, 2.24) is 0 Å². The zero-order valence-corrected chi connectivity index (χ0v) is 10.7. The van der Waals surface area contributed by atoms with Crippen molar-refractivity contribution in [3.05, 3.63) is 0 Å². The van der Waals surface area contributed by atoms with Crippen molar-refractivity contribution in [2.45, 2.75) is 70.8 Å². The lowest BCUT2D eigenvalue weighted by molar-refractivity contribution is 0.0411. The van der Waals surface area contributed by atoms with Gasteiger partial charge in [0.15, 0.2) is 0 Å². The van der Waals surface area contributed by atoms with Crippen molar-refractivity contribution in [2.75, 3.05) is 6.61 Å². The molecule has 0 aromatic rings. The molecule has 2 heteroatoms. The van der Waals surface area contributed by atoms with Gasteiger partial charge >= 0.3 is 0 Å². The first kappa shape index (κ1) is 12.4. The van der Waals surface area contributed by atoms with Gasteiger partial charge in [-0.15, -0.1) is 0 Å². The molecule has 2 aliphatic carbocycles. The molecule has 3 N–H and O–H groups in total. The van der Waals surface area contributed by atoms with E-state index in [1.54, 1.807) is 0 Å². The van der Waals surface area contributed by atoms with Crippen LogP contribution in [0.15, 0.2) is 0 Å². The summed E-state index contributed by atoms with van der Waals surface area (Å²) in [5.41, 5.74) is 7.08. The number of rotatable bonds is 3. The first-order chi connectivity index (χ1) is 7.63. The Morgan fingerprint density at radius 3 is 2.06 bits per heavy atom. The summed E-state index contributed by atoms with van der Waals surface area (Å²) < 4.78 is 0. The van der Waals surface area contributed by atoms with Gasteiger partial charge in [0.2, 0.25) is 0 Å². The second kappa shape index (κ2) is 4.66. The third kappa shape index (κ3) is 2.14. The van der Waals surface area contributed by atoms with Crippen LogP contribution in [0.2, 0.25) is 0 Å². The number of nitrogens with two attached hydrogens (primary N) is 1. The van der Waals surface area contributed by atoms with Gasteiger partial charge in [0, 0.05) is 12.6 Å². The van der Waals surface area contributed by atoms with Crippen LogP contribution in [0.3, 0.4) is 0 Å². The largest absolute Gasteiger partial charge is 0.396 e. The molecule has 0 amide bonds. The molecule has 1 atom stereocenters. The molecule has 0 radical (unpaired) electrons. The second-order valence-corrected chi connectivity index (χ2v) is 6.33. The van der Waals surface area contributed by atoms with Crippen LogP contribution in [0.4, 0.5) is 0 Å². The summed E-state index contributed by atoms with van der Waals surface area (Å²) in [5, 5.41) is 9.23. The van der Waals surface area contributed by atoms with Gasteiger partial charge < -0.3 is 10.8 Å². The van der Waals surface area contributed by atoms with Crippen LogP contribution in [-0.2, 0) is 0 Å². The van der Waals surface area contributed by atoms with Gasteiger partial charge in [0.05, 0.1) is 0 Å².